The van der Waals surface area contributed by atoms with Crippen molar-refractivity contribution in [3.05, 3.63) is 35.4 Å². The third-order valence-electron chi connectivity index (χ3n) is 6.56. The molecule has 0 radical (unpaired) electrons. The largest absolute Gasteiger partial charge is 0.341 e. The predicted molar refractivity (Wildman–Crippen MR) is 112 cm³/mol. The van der Waals surface area contributed by atoms with Crippen LogP contribution in [0.15, 0.2) is 24.3 Å². The first-order valence-electron chi connectivity index (χ1n) is 10.8. The maximum absolute atomic E-state index is 13.1. The maximum Gasteiger partial charge on any atom is 0.325 e. The van der Waals surface area contributed by atoms with E-state index in [1.165, 1.54) is 5.56 Å². The number of nitrogens with zero attached hydrogens (tertiary/aromatic N) is 2. The van der Waals surface area contributed by atoms with Crippen LogP contribution in [0.1, 0.15) is 64.0 Å². The maximum atomic E-state index is 13.1. The Labute approximate surface area is 173 Å². The molecule has 6 nitrogen and oxygen atoms in total. The highest BCUT2D eigenvalue weighted by Gasteiger charge is 2.49. The molecule has 29 heavy (non-hydrogen) atoms. The molecule has 158 valence electrons. The Kier molecular flexibility index (Phi) is 6.30. The second-order valence-corrected chi connectivity index (χ2v) is 8.81. The molecule has 1 aliphatic heterocycles. The average Bonchev–Trinajstić information content (AvgIpc) is 2.92. The normalized spacial score (nSPS) is 27.1. The van der Waals surface area contributed by atoms with Crippen molar-refractivity contribution in [2.45, 2.75) is 70.9 Å². The number of carbonyl (C=O) groups is 3. The lowest BCUT2D eigenvalue weighted by molar-refractivity contribution is -0.139. The smallest absolute Gasteiger partial charge is 0.325 e. The second-order valence-electron chi connectivity index (χ2n) is 8.81. The summed E-state index contributed by atoms with van der Waals surface area (Å²) >= 11 is 0. The van der Waals surface area contributed by atoms with E-state index in [1.54, 1.807) is 18.9 Å². The van der Waals surface area contributed by atoms with Crippen LogP contribution in [0.2, 0.25) is 0 Å². The summed E-state index contributed by atoms with van der Waals surface area (Å²) in [6.07, 6.45) is 6.20. The summed E-state index contributed by atoms with van der Waals surface area (Å²) in [4.78, 5) is 41.2. The Morgan fingerprint density at radius 1 is 1.17 bits per heavy atom. The molecule has 1 unspecified atom stereocenters. The molecule has 1 aliphatic carbocycles. The van der Waals surface area contributed by atoms with E-state index in [-0.39, 0.29) is 24.4 Å². The number of hydrogen-bond acceptors (Lipinski definition) is 3. The van der Waals surface area contributed by atoms with Crippen molar-refractivity contribution in [3.8, 4) is 0 Å². The molecule has 1 saturated heterocycles. The Balaban J connectivity index is 1.68. The van der Waals surface area contributed by atoms with Crippen LogP contribution in [0.4, 0.5) is 4.79 Å². The molecule has 0 spiro atoms. The summed E-state index contributed by atoms with van der Waals surface area (Å²) in [5.41, 5.74) is 0.799. The van der Waals surface area contributed by atoms with Crippen LogP contribution in [0.3, 0.4) is 0 Å². The molecule has 1 atom stereocenters. The zero-order valence-electron chi connectivity index (χ0n) is 18.0. The van der Waals surface area contributed by atoms with Gasteiger partial charge in [0.15, 0.2) is 0 Å². The molecule has 0 bridgehead atoms. The summed E-state index contributed by atoms with van der Waals surface area (Å²) in [5, 5.41) is 2.79. The van der Waals surface area contributed by atoms with Crippen LogP contribution in [-0.4, -0.2) is 47.3 Å². The van der Waals surface area contributed by atoms with Crippen molar-refractivity contribution in [2.24, 2.45) is 5.92 Å². The van der Waals surface area contributed by atoms with Crippen LogP contribution in [0, 0.1) is 5.92 Å². The van der Waals surface area contributed by atoms with E-state index in [9.17, 15) is 14.4 Å². The molecule has 1 aromatic carbocycles. The Hall–Kier alpha value is -2.37. The molecule has 6 heteroatoms. The molecule has 1 aromatic rings. The first-order valence-corrected chi connectivity index (χ1v) is 10.8. The first kappa shape index (κ1) is 21.3. The summed E-state index contributed by atoms with van der Waals surface area (Å²) in [6.45, 7) is 5.85. The second kappa shape index (κ2) is 8.56. The summed E-state index contributed by atoms with van der Waals surface area (Å²) in [5.74, 6) is 0.144. The van der Waals surface area contributed by atoms with Gasteiger partial charge in [-0.05, 0) is 56.1 Å². The molecule has 3 rings (SSSR count). The molecule has 2 aliphatic rings. The van der Waals surface area contributed by atoms with Crippen molar-refractivity contribution >= 4 is 17.8 Å². The fraction of sp³-hybridized carbons (Fsp3) is 0.609. The van der Waals surface area contributed by atoms with Gasteiger partial charge in [-0.3, -0.25) is 14.5 Å². The van der Waals surface area contributed by atoms with Crippen molar-refractivity contribution in [1.82, 2.24) is 15.1 Å². The van der Waals surface area contributed by atoms with Gasteiger partial charge in [-0.15, -0.1) is 0 Å². The Morgan fingerprint density at radius 2 is 1.79 bits per heavy atom. The quantitative estimate of drug-likeness (QED) is 0.745. The third kappa shape index (κ3) is 4.31. The number of nitrogens with one attached hydrogen (secondary N) is 1. The number of urea groups is 1. The lowest BCUT2D eigenvalue weighted by Crippen LogP contribution is -2.47. The molecular weight excluding hydrogens is 366 g/mol. The number of benzene rings is 1. The third-order valence-corrected chi connectivity index (χ3v) is 6.56. The van der Waals surface area contributed by atoms with E-state index in [0.29, 0.717) is 5.92 Å². The standard InChI is InChI=1S/C23H33N3O3/c1-5-6-17-9-11-18(12-10-17)23(3)21(28)26(22(29)24-23)15-20(27)25(4)19-13-7-16(2)8-14-19/h9-12,16,19H,5-8,13-15H2,1-4H3,(H,24,29). The number of amides is 4. The van der Waals surface area contributed by atoms with Crippen molar-refractivity contribution in [2.75, 3.05) is 13.6 Å². The molecule has 0 aromatic heterocycles. The van der Waals surface area contributed by atoms with Crippen LogP contribution >= 0.6 is 0 Å². The molecule has 1 N–H and O–H groups in total. The minimum absolute atomic E-state index is 0.185. The molecule has 1 saturated carbocycles. The minimum atomic E-state index is -1.14. The van der Waals surface area contributed by atoms with Gasteiger partial charge in [0.25, 0.3) is 5.91 Å². The fourth-order valence-corrected chi connectivity index (χ4v) is 4.41. The first-order chi connectivity index (χ1) is 13.8. The highest BCUT2D eigenvalue weighted by molar-refractivity contribution is 6.09. The summed E-state index contributed by atoms with van der Waals surface area (Å²) < 4.78 is 0. The van der Waals surface area contributed by atoms with Crippen LogP contribution in [0.25, 0.3) is 0 Å². The number of aryl methyl sites for hydroxylation is 1. The molecule has 4 amide bonds. The number of carbonyl (C=O) groups excluding carboxylic acids is 3. The number of likely N-dealkylation sites (N-methyl/N-ethyl adjacent to an activating group) is 1. The van der Waals surface area contributed by atoms with Crippen LogP contribution in [-0.2, 0) is 21.5 Å². The molecule has 2 fully saturated rings. The predicted octanol–water partition coefficient (Wildman–Crippen LogP) is 3.44. The van der Waals surface area contributed by atoms with E-state index in [0.717, 1.165) is 49.0 Å². The van der Waals surface area contributed by atoms with Gasteiger partial charge in [0.05, 0.1) is 0 Å². The van der Waals surface area contributed by atoms with E-state index in [4.69, 9.17) is 0 Å². The summed E-state index contributed by atoms with van der Waals surface area (Å²) in [7, 11) is 1.78. The SMILES string of the molecule is CCCc1ccc(C2(C)NC(=O)N(CC(=O)N(C)C3CCC(C)CC3)C2=O)cc1. The lowest BCUT2D eigenvalue weighted by Gasteiger charge is -2.34. The van der Waals surface area contributed by atoms with Gasteiger partial charge in [0, 0.05) is 13.1 Å². The topological polar surface area (TPSA) is 69.7 Å². The summed E-state index contributed by atoms with van der Waals surface area (Å²) in [6, 6.07) is 7.46. The van der Waals surface area contributed by atoms with E-state index in [1.807, 2.05) is 24.3 Å². The van der Waals surface area contributed by atoms with E-state index >= 15 is 0 Å². The Bertz CT molecular complexity index is 768. The average molecular weight is 400 g/mol. The van der Waals surface area contributed by atoms with E-state index in [2.05, 4.69) is 19.2 Å². The highest BCUT2D eigenvalue weighted by Crippen LogP contribution is 2.30. The van der Waals surface area contributed by atoms with Gasteiger partial charge in [-0.2, -0.15) is 0 Å². The van der Waals surface area contributed by atoms with E-state index < -0.39 is 11.6 Å². The minimum Gasteiger partial charge on any atom is -0.341 e. The van der Waals surface area contributed by atoms with Gasteiger partial charge >= 0.3 is 6.03 Å². The lowest BCUT2D eigenvalue weighted by atomic mass is 9.87. The van der Waals surface area contributed by atoms with Gasteiger partial charge in [0.1, 0.15) is 12.1 Å². The molecular formula is C23H33N3O3. The molecule has 1 heterocycles. The highest BCUT2D eigenvalue weighted by atomic mass is 16.2. The van der Waals surface area contributed by atoms with Gasteiger partial charge in [-0.1, -0.05) is 44.5 Å². The van der Waals surface area contributed by atoms with Crippen molar-refractivity contribution in [3.63, 3.8) is 0 Å². The van der Waals surface area contributed by atoms with Gasteiger partial charge in [0.2, 0.25) is 5.91 Å². The fourth-order valence-electron chi connectivity index (χ4n) is 4.41. The van der Waals surface area contributed by atoms with Gasteiger partial charge in [-0.25, -0.2) is 4.79 Å². The zero-order chi connectivity index (χ0) is 21.2. The number of rotatable bonds is 6. The van der Waals surface area contributed by atoms with Crippen molar-refractivity contribution < 1.29 is 14.4 Å². The zero-order valence-corrected chi connectivity index (χ0v) is 18.0. The van der Waals surface area contributed by atoms with Crippen LogP contribution in [0.5, 0.6) is 0 Å². The monoisotopic (exact) mass is 399 g/mol. The van der Waals surface area contributed by atoms with Gasteiger partial charge < -0.3 is 10.2 Å². The van der Waals surface area contributed by atoms with Crippen molar-refractivity contribution in [1.29, 1.82) is 0 Å². The number of imide groups is 1. The Morgan fingerprint density at radius 3 is 2.38 bits per heavy atom. The van der Waals surface area contributed by atoms with Crippen LogP contribution < -0.4 is 5.32 Å². The number of hydrogen-bond donors (Lipinski definition) is 1.